The predicted molar refractivity (Wildman–Crippen MR) is 41.4 cm³/mol. The van der Waals surface area contributed by atoms with Gasteiger partial charge in [-0.2, -0.15) is 0 Å². The molecule has 0 aliphatic heterocycles. The molecule has 0 atom stereocenters. The van der Waals surface area contributed by atoms with E-state index < -0.39 is 8.07 Å². The van der Waals surface area contributed by atoms with Crippen LogP contribution in [-0.4, -0.2) is 8.07 Å². The summed E-state index contributed by atoms with van der Waals surface area (Å²) in [5, 5.41) is 0. The SMILES string of the molecule is C#C[Si](C)(C)CCC. The minimum atomic E-state index is -1.15. The molecule has 0 aliphatic rings. The average Bonchev–Trinajstić information content (AvgIpc) is 1.67. The van der Waals surface area contributed by atoms with Gasteiger partial charge >= 0.3 is 0 Å². The van der Waals surface area contributed by atoms with Crippen LogP contribution in [0.1, 0.15) is 13.3 Å². The first-order chi connectivity index (χ1) is 3.62. The average molecular weight is 126 g/mol. The Balaban J connectivity index is 3.59. The van der Waals surface area contributed by atoms with E-state index in [2.05, 4.69) is 25.6 Å². The summed E-state index contributed by atoms with van der Waals surface area (Å²) in [6.07, 6.45) is 6.54. The molecule has 0 amide bonds. The second-order valence-corrected chi connectivity index (χ2v) is 7.33. The molecule has 8 heavy (non-hydrogen) atoms. The maximum Gasteiger partial charge on any atom is 0.132 e. The molecule has 0 heterocycles. The molecule has 0 aromatic rings. The highest BCUT2D eigenvalue weighted by Crippen LogP contribution is 2.08. The van der Waals surface area contributed by atoms with Crippen LogP contribution in [0.3, 0.4) is 0 Å². The van der Waals surface area contributed by atoms with E-state index in [0.717, 1.165) is 0 Å². The second kappa shape index (κ2) is 2.94. The van der Waals surface area contributed by atoms with Crippen LogP contribution in [0.5, 0.6) is 0 Å². The molecule has 0 bridgehead atoms. The molecule has 0 aromatic carbocycles. The second-order valence-electron chi connectivity index (χ2n) is 2.78. The van der Waals surface area contributed by atoms with Gasteiger partial charge in [0.2, 0.25) is 0 Å². The Kier molecular flexibility index (Phi) is 2.85. The summed E-state index contributed by atoms with van der Waals surface area (Å²) in [4.78, 5) is 0. The fraction of sp³-hybridized carbons (Fsp3) is 0.714. The first-order valence-electron chi connectivity index (χ1n) is 3.10. The summed E-state index contributed by atoms with van der Waals surface area (Å²) in [7, 11) is -1.15. The van der Waals surface area contributed by atoms with Crippen molar-refractivity contribution >= 4 is 8.07 Å². The monoisotopic (exact) mass is 126 g/mol. The summed E-state index contributed by atoms with van der Waals surface area (Å²) >= 11 is 0. The van der Waals surface area contributed by atoms with Gasteiger partial charge < -0.3 is 0 Å². The van der Waals surface area contributed by atoms with Crippen molar-refractivity contribution in [2.45, 2.75) is 32.5 Å². The predicted octanol–water partition coefficient (Wildman–Crippen LogP) is 2.28. The Hall–Kier alpha value is -0.223. The molecule has 46 valence electrons. The zero-order valence-corrected chi connectivity index (χ0v) is 6.99. The highest BCUT2D eigenvalue weighted by atomic mass is 28.3. The van der Waals surface area contributed by atoms with E-state index in [-0.39, 0.29) is 0 Å². The fourth-order valence-corrected chi connectivity index (χ4v) is 2.09. The largest absolute Gasteiger partial charge is 0.135 e. The summed E-state index contributed by atoms with van der Waals surface area (Å²) in [5.74, 6) is 0. The summed E-state index contributed by atoms with van der Waals surface area (Å²) < 4.78 is 0. The van der Waals surface area contributed by atoms with E-state index in [1.807, 2.05) is 0 Å². The van der Waals surface area contributed by atoms with E-state index in [4.69, 9.17) is 6.42 Å². The van der Waals surface area contributed by atoms with Crippen molar-refractivity contribution in [3.05, 3.63) is 0 Å². The van der Waals surface area contributed by atoms with Gasteiger partial charge in [0, 0.05) is 0 Å². The van der Waals surface area contributed by atoms with Crippen LogP contribution < -0.4 is 0 Å². The van der Waals surface area contributed by atoms with Crippen molar-refractivity contribution in [1.82, 2.24) is 0 Å². The fourth-order valence-electron chi connectivity index (χ4n) is 0.697. The number of hydrogen-bond acceptors (Lipinski definition) is 0. The lowest BCUT2D eigenvalue weighted by atomic mass is 10.6. The zero-order valence-electron chi connectivity index (χ0n) is 5.99. The van der Waals surface area contributed by atoms with E-state index in [9.17, 15) is 0 Å². The third-order valence-corrected chi connectivity index (χ3v) is 3.80. The molecule has 0 aliphatic carbocycles. The Morgan fingerprint density at radius 2 is 2.00 bits per heavy atom. The Morgan fingerprint density at radius 3 is 2.12 bits per heavy atom. The van der Waals surface area contributed by atoms with Crippen LogP contribution in [0.25, 0.3) is 0 Å². The van der Waals surface area contributed by atoms with Gasteiger partial charge in [0.1, 0.15) is 8.07 Å². The van der Waals surface area contributed by atoms with Gasteiger partial charge in [-0.05, 0) is 6.04 Å². The van der Waals surface area contributed by atoms with E-state index in [1.54, 1.807) is 0 Å². The van der Waals surface area contributed by atoms with Gasteiger partial charge in [0.25, 0.3) is 0 Å². The molecule has 0 nitrogen and oxygen atoms in total. The van der Waals surface area contributed by atoms with E-state index in [0.29, 0.717) is 0 Å². The number of terminal acetylenes is 1. The van der Waals surface area contributed by atoms with Crippen LogP contribution in [0.2, 0.25) is 19.1 Å². The quantitative estimate of drug-likeness (QED) is 0.393. The summed E-state index contributed by atoms with van der Waals surface area (Å²) in [5.41, 5.74) is 2.88. The standard InChI is InChI=1S/C7H14Si/c1-5-7-8(3,4)6-2/h2H,5,7H2,1,3-4H3. The van der Waals surface area contributed by atoms with Gasteiger partial charge in [-0.25, -0.2) is 0 Å². The first-order valence-corrected chi connectivity index (χ1v) is 6.31. The lowest BCUT2D eigenvalue weighted by molar-refractivity contribution is 1.05. The lowest BCUT2D eigenvalue weighted by Crippen LogP contribution is -2.21. The van der Waals surface area contributed by atoms with E-state index in [1.165, 1.54) is 12.5 Å². The molecule has 0 N–H and O–H groups in total. The molecule has 0 aromatic heterocycles. The Bertz CT molecular complexity index is 97.4. The van der Waals surface area contributed by atoms with Crippen molar-refractivity contribution in [1.29, 1.82) is 0 Å². The molecule has 0 spiro atoms. The minimum absolute atomic E-state index is 1.15. The lowest BCUT2D eigenvalue weighted by Gasteiger charge is -2.10. The normalized spacial score (nSPS) is 10.8. The first kappa shape index (κ1) is 7.78. The Labute approximate surface area is 53.3 Å². The highest BCUT2D eigenvalue weighted by Gasteiger charge is 2.14. The van der Waals surface area contributed by atoms with Crippen molar-refractivity contribution < 1.29 is 0 Å². The van der Waals surface area contributed by atoms with Crippen molar-refractivity contribution in [2.75, 3.05) is 0 Å². The third-order valence-electron chi connectivity index (χ3n) is 1.27. The smallest absolute Gasteiger partial charge is 0.132 e. The maximum atomic E-state index is 5.30. The van der Waals surface area contributed by atoms with Gasteiger partial charge in [0.15, 0.2) is 0 Å². The van der Waals surface area contributed by atoms with Crippen LogP contribution in [0, 0.1) is 12.0 Å². The molecular weight excluding hydrogens is 112 g/mol. The number of rotatable bonds is 2. The number of hydrogen-bond donors (Lipinski definition) is 0. The molecule has 0 rings (SSSR count). The molecule has 0 saturated carbocycles. The summed E-state index contributed by atoms with van der Waals surface area (Å²) in [6.45, 7) is 6.65. The van der Waals surface area contributed by atoms with Crippen molar-refractivity contribution in [3.8, 4) is 12.0 Å². The van der Waals surface area contributed by atoms with Crippen LogP contribution in [0.15, 0.2) is 0 Å². The maximum absolute atomic E-state index is 5.30. The van der Waals surface area contributed by atoms with E-state index >= 15 is 0 Å². The van der Waals surface area contributed by atoms with Crippen molar-refractivity contribution in [2.24, 2.45) is 0 Å². The highest BCUT2D eigenvalue weighted by molar-refractivity contribution is 6.84. The van der Waals surface area contributed by atoms with Gasteiger partial charge in [-0.1, -0.05) is 26.4 Å². The third kappa shape index (κ3) is 2.87. The van der Waals surface area contributed by atoms with Crippen LogP contribution in [0.4, 0.5) is 0 Å². The van der Waals surface area contributed by atoms with Gasteiger partial charge in [0.05, 0.1) is 0 Å². The van der Waals surface area contributed by atoms with Gasteiger partial charge in [-0.15, -0.1) is 12.0 Å². The molecule has 1 heteroatoms. The van der Waals surface area contributed by atoms with Crippen molar-refractivity contribution in [3.63, 3.8) is 0 Å². The Morgan fingerprint density at radius 1 is 1.50 bits per heavy atom. The topological polar surface area (TPSA) is 0 Å². The zero-order chi connectivity index (χ0) is 6.62. The molecule has 0 fully saturated rings. The molecule has 0 radical (unpaired) electrons. The summed E-state index contributed by atoms with van der Waals surface area (Å²) in [6, 6.07) is 1.27. The minimum Gasteiger partial charge on any atom is -0.135 e. The van der Waals surface area contributed by atoms with Crippen LogP contribution >= 0.6 is 0 Å². The van der Waals surface area contributed by atoms with Crippen LogP contribution in [-0.2, 0) is 0 Å². The van der Waals surface area contributed by atoms with Gasteiger partial charge in [-0.3, -0.25) is 0 Å². The molecular formula is C7H14Si. The molecule has 0 saturated heterocycles. The molecule has 0 unspecified atom stereocenters.